The molecular formula is C14H12ClF3N4O3S2. The van der Waals surface area contributed by atoms with Crippen LogP contribution >= 0.6 is 22.9 Å². The van der Waals surface area contributed by atoms with Crippen LogP contribution in [0.25, 0.3) is 4.96 Å². The fourth-order valence-electron chi connectivity index (χ4n) is 2.47. The highest BCUT2D eigenvalue weighted by Crippen LogP contribution is 2.30. The van der Waals surface area contributed by atoms with Gasteiger partial charge in [0.25, 0.3) is 5.56 Å². The van der Waals surface area contributed by atoms with Crippen LogP contribution in [-0.4, -0.2) is 33.8 Å². The van der Waals surface area contributed by atoms with Crippen molar-refractivity contribution in [2.45, 2.75) is 25.4 Å². The van der Waals surface area contributed by atoms with E-state index in [1.165, 1.54) is 4.40 Å². The van der Waals surface area contributed by atoms with E-state index in [-0.39, 0.29) is 28.1 Å². The predicted molar refractivity (Wildman–Crippen MR) is 94.0 cm³/mol. The third-order valence-corrected chi connectivity index (χ3v) is 5.69. The number of fused-ring (bicyclic) bond motifs is 1. The van der Waals surface area contributed by atoms with Crippen LogP contribution in [0.4, 0.5) is 13.2 Å². The van der Waals surface area contributed by atoms with Crippen molar-refractivity contribution in [3.8, 4) is 0 Å². The van der Waals surface area contributed by atoms with Gasteiger partial charge in [-0.25, -0.2) is 18.1 Å². The minimum Gasteiger partial charge on any atom is -0.269 e. The Bertz CT molecular complexity index is 1190. The normalized spacial score (nSPS) is 12.8. The highest BCUT2D eigenvalue weighted by Gasteiger charge is 2.34. The molecule has 0 bridgehead atoms. The molecule has 0 N–H and O–H groups in total. The van der Waals surface area contributed by atoms with E-state index < -0.39 is 27.3 Å². The molecule has 0 fully saturated rings. The van der Waals surface area contributed by atoms with E-state index in [2.05, 4.69) is 10.1 Å². The highest BCUT2D eigenvalue weighted by molar-refractivity contribution is 7.89. The molecular weight excluding hydrogens is 429 g/mol. The van der Waals surface area contributed by atoms with Crippen molar-refractivity contribution in [3.63, 3.8) is 0 Å². The molecule has 0 amide bonds. The summed E-state index contributed by atoms with van der Waals surface area (Å²) in [4.78, 5) is 17.5. The van der Waals surface area contributed by atoms with Gasteiger partial charge in [0.2, 0.25) is 0 Å². The van der Waals surface area contributed by atoms with Crippen molar-refractivity contribution >= 4 is 37.7 Å². The minimum absolute atomic E-state index is 0.158. The van der Waals surface area contributed by atoms with E-state index in [9.17, 15) is 26.4 Å². The molecule has 0 saturated heterocycles. The summed E-state index contributed by atoms with van der Waals surface area (Å²) in [5, 5.41) is 3.15. The number of nitrogens with zero attached hydrogens (tertiary/aromatic N) is 4. The number of thiazole rings is 1. The van der Waals surface area contributed by atoms with Crippen LogP contribution in [0.1, 0.15) is 22.0 Å². The number of hydrogen-bond donors (Lipinski definition) is 0. The zero-order chi connectivity index (χ0) is 20.1. The second kappa shape index (κ2) is 6.60. The van der Waals surface area contributed by atoms with Gasteiger partial charge in [-0.3, -0.25) is 9.20 Å². The summed E-state index contributed by atoms with van der Waals surface area (Å²) in [6.07, 6.45) is -3.59. The van der Waals surface area contributed by atoms with Gasteiger partial charge in [-0.2, -0.15) is 18.3 Å². The van der Waals surface area contributed by atoms with Crippen molar-refractivity contribution in [2.75, 3.05) is 6.26 Å². The molecule has 0 saturated carbocycles. The van der Waals surface area contributed by atoms with Gasteiger partial charge in [0.05, 0.1) is 23.7 Å². The van der Waals surface area contributed by atoms with Crippen LogP contribution in [0.2, 0.25) is 5.15 Å². The molecule has 0 aromatic carbocycles. The first-order chi connectivity index (χ1) is 12.3. The van der Waals surface area contributed by atoms with E-state index in [1.54, 1.807) is 6.92 Å². The number of rotatable bonds is 4. The molecule has 7 nitrogen and oxygen atoms in total. The Hall–Kier alpha value is -1.92. The molecule has 0 aliphatic heterocycles. The van der Waals surface area contributed by atoms with E-state index in [0.29, 0.717) is 16.6 Å². The second-order valence-corrected chi connectivity index (χ2v) is 9.60. The lowest BCUT2D eigenvalue weighted by atomic mass is 10.4. The molecule has 3 aromatic heterocycles. The number of alkyl halides is 3. The van der Waals surface area contributed by atoms with Gasteiger partial charge in [0, 0.05) is 23.3 Å². The fraction of sp³-hybridized carbons (Fsp3) is 0.357. The summed E-state index contributed by atoms with van der Waals surface area (Å²) >= 11 is 6.90. The monoisotopic (exact) mass is 440 g/mol. The van der Waals surface area contributed by atoms with E-state index >= 15 is 0 Å². The summed E-state index contributed by atoms with van der Waals surface area (Å²) in [5.41, 5.74) is -1.20. The number of sulfone groups is 1. The molecule has 0 unspecified atom stereocenters. The third kappa shape index (κ3) is 4.17. The maximum absolute atomic E-state index is 12.7. The highest BCUT2D eigenvalue weighted by atomic mass is 35.5. The van der Waals surface area contributed by atoms with Crippen LogP contribution < -0.4 is 5.56 Å². The predicted octanol–water partition coefficient (Wildman–Crippen LogP) is 2.53. The first-order valence-corrected chi connectivity index (χ1v) is 10.6. The van der Waals surface area contributed by atoms with Crippen LogP contribution in [0.3, 0.4) is 0 Å². The molecule has 0 aliphatic carbocycles. The van der Waals surface area contributed by atoms with Crippen LogP contribution in [0.15, 0.2) is 16.9 Å². The summed E-state index contributed by atoms with van der Waals surface area (Å²) in [7, 11) is -3.37. The van der Waals surface area contributed by atoms with Crippen molar-refractivity contribution in [1.82, 2.24) is 19.2 Å². The molecule has 3 rings (SSSR count). The van der Waals surface area contributed by atoms with Gasteiger partial charge >= 0.3 is 6.18 Å². The largest absolute Gasteiger partial charge is 0.435 e. The summed E-state index contributed by atoms with van der Waals surface area (Å²) in [6, 6.07) is 1.81. The number of halogens is 4. The molecule has 13 heteroatoms. The van der Waals surface area contributed by atoms with E-state index in [0.717, 1.165) is 28.3 Å². The summed E-state index contributed by atoms with van der Waals surface area (Å²) in [6.45, 7) is 1.43. The molecule has 146 valence electrons. The molecule has 0 aliphatic rings. The van der Waals surface area contributed by atoms with Gasteiger partial charge in [0.15, 0.2) is 20.5 Å². The van der Waals surface area contributed by atoms with Gasteiger partial charge in [-0.15, -0.1) is 11.3 Å². The molecule has 0 spiro atoms. The smallest absolute Gasteiger partial charge is 0.269 e. The lowest BCUT2D eigenvalue weighted by Gasteiger charge is -2.05. The molecule has 0 atom stereocenters. The lowest BCUT2D eigenvalue weighted by Crippen LogP contribution is -2.19. The maximum Gasteiger partial charge on any atom is 0.435 e. The topological polar surface area (TPSA) is 86.3 Å². The number of aromatic nitrogens is 4. The van der Waals surface area contributed by atoms with Crippen LogP contribution in [0.5, 0.6) is 0 Å². The second-order valence-electron chi connectivity index (χ2n) is 5.89. The lowest BCUT2D eigenvalue weighted by molar-refractivity contribution is -0.141. The van der Waals surface area contributed by atoms with Crippen molar-refractivity contribution < 1.29 is 21.6 Å². The van der Waals surface area contributed by atoms with Crippen molar-refractivity contribution in [1.29, 1.82) is 0 Å². The standard InChI is InChI=1S/C14H12ClF3N4O3S2/c1-7-9(6-27(2,24)25)22-12(23)3-8(19-13(22)26-7)5-21-11(15)4-10(20-21)14(16,17)18/h3-4H,5-6H2,1-2H3. The van der Waals surface area contributed by atoms with Gasteiger partial charge in [0.1, 0.15) is 5.15 Å². The Balaban J connectivity index is 2.03. The van der Waals surface area contributed by atoms with E-state index in [1.807, 2.05) is 0 Å². The summed E-state index contributed by atoms with van der Waals surface area (Å²) < 4.78 is 63.4. The SMILES string of the molecule is Cc1sc2nc(Cn3nc(C(F)(F)F)cc3Cl)cc(=O)n2c1CS(C)(=O)=O. The Morgan fingerprint density at radius 3 is 2.52 bits per heavy atom. The zero-order valence-corrected chi connectivity index (χ0v) is 16.3. The fourth-order valence-corrected chi connectivity index (χ4v) is 4.61. The third-order valence-electron chi connectivity index (χ3n) is 3.59. The Morgan fingerprint density at radius 1 is 1.30 bits per heavy atom. The number of hydrogen-bond acceptors (Lipinski definition) is 6. The quantitative estimate of drug-likeness (QED) is 0.622. The number of aryl methyl sites for hydroxylation is 1. The maximum atomic E-state index is 12.7. The Morgan fingerprint density at radius 2 is 1.96 bits per heavy atom. The molecule has 27 heavy (non-hydrogen) atoms. The van der Waals surface area contributed by atoms with Gasteiger partial charge < -0.3 is 0 Å². The van der Waals surface area contributed by atoms with Crippen molar-refractivity contribution in [2.24, 2.45) is 0 Å². The van der Waals surface area contributed by atoms with Gasteiger partial charge in [-0.05, 0) is 6.92 Å². The average molecular weight is 441 g/mol. The molecule has 3 aromatic rings. The zero-order valence-electron chi connectivity index (χ0n) is 13.9. The van der Waals surface area contributed by atoms with Crippen LogP contribution in [-0.2, 0) is 28.3 Å². The Kier molecular flexibility index (Phi) is 4.85. The summed E-state index contributed by atoms with van der Waals surface area (Å²) in [5.74, 6) is -0.320. The average Bonchev–Trinajstić information content (AvgIpc) is 2.99. The minimum atomic E-state index is -4.64. The van der Waals surface area contributed by atoms with E-state index in [4.69, 9.17) is 11.6 Å². The molecule has 0 radical (unpaired) electrons. The molecule has 3 heterocycles. The van der Waals surface area contributed by atoms with Crippen molar-refractivity contribution in [3.05, 3.63) is 49.6 Å². The van der Waals surface area contributed by atoms with Gasteiger partial charge in [-0.1, -0.05) is 11.6 Å². The van der Waals surface area contributed by atoms with Crippen LogP contribution in [0, 0.1) is 6.92 Å². The first kappa shape index (κ1) is 19.8. The Labute approximate surface area is 159 Å². The first-order valence-electron chi connectivity index (χ1n) is 7.34.